The quantitative estimate of drug-likeness (QED) is 0.570. The Bertz CT molecular complexity index is 585. The summed E-state index contributed by atoms with van der Waals surface area (Å²) >= 11 is 2.25. The highest BCUT2D eigenvalue weighted by molar-refractivity contribution is 14.1. The van der Waals surface area contributed by atoms with Gasteiger partial charge in [0, 0.05) is 44.1 Å². The van der Waals surface area contributed by atoms with Crippen LogP contribution in [0.5, 0.6) is 0 Å². The van der Waals surface area contributed by atoms with Gasteiger partial charge < -0.3 is 5.32 Å². The predicted molar refractivity (Wildman–Crippen MR) is 88.9 cm³/mol. The molecule has 0 spiro atoms. The first-order valence-electron chi connectivity index (χ1n) is 7.01. The number of aryl methyl sites for hydroxylation is 4. The number of rotatable bonds is 7. The molecule has 2 rings (SSSR count). The van der Waals surface area contributed by atoms with Crippen molar-refractivity contribution in [2.45, 2.75) is 39.8 Å². The van der Waals surface area contributed by atoms with Crippen molar-refractivity contribution in [1.82, 2.24) is 24.9 Å². The molecule has 0 aliphatic heterocycles. The van der Waals surface area contributed by atoms with Gasteiger partial charge in [-0.15, -0.1) is 0 Å². The average molecular weight is 401 g/mol. The van der Waals surface area contributed by atoms with Crippen molar-refractivity contribution in [1.29, 1.82) is 0 Å². The first kappa shape index (κ1) is 16.0. The van der Waals surface area contributed by atoms with Crippen LogP contribution in [0.1, 0.15) is 24.2 Å². The van der Waals surface area contributed by atoms with Crippen molar-refractivity contribution in [3.8, 4) is 0 Å². The summed E-state index contributed by atoms with van der Waals surface area (Å²) < 4.78 is 4.90. The van der Waals surface area contributed by atoms with Gasteiger partial charge in [-0.2, -0.15) is 10.2 Å². The lowest BCUT2D eigenvalue weighted by molar-refractivity contribution is -0.121. The highest BCUT2D eigenvalue weighted by Gasteiger charge is 2.05. The number of nitrogens with one attached hydrogen (secondary N) is 1. The Hall–Kier alpha value is -1.38. The standard InChI is InChI=1S/C14H20IN5O/c1-11-4-7-17-20(11)8-3-6-16-14(21)5-9-19-10-13(15)12(2)18-19/h4,7,10H,3,5-6,8-9H2,1-2H3,(H,16,21). The first-order chi connectivity index (χ1) is 10.1. The maximum atomic E-state index is 11.8. The third-order valence-electron chi connectivity index (χ3n) is 3.25. The van der Waals surface area contributed by atoms with Gasteiger partial charge in [-0.3, -0.25) is 14.2 Å². The number of hydrogen-bond donors (Lipinski definition) is 1. The summed E-state index contributed by atoms with van der Waals surface area (Å²) in [4.78, 5) is 11.8. The molecule has 0 radical (unpaired) electrons. The first-order valence-corrected chi connectivity index (χ1v) is 8.09. The van der Waals surface area contributed by atoms with Crippen molar-refractivity contribution < 1.29 is 4.79 Å². The second-order valence-corrected chi connectivity index (χ2v) is 6.14. The zero-order chi connectivity index (χ0) is 15.2. The normalized spacial score (nSPS) is 10.8. The van der Waals surface area contributed by atoms with Gasteiger partial charge in [0.1, 0.15) is 0 Å². The molecular formula is C14H20IN5O. The van der Waals surface area contributed by atoms with Gasteiger partial charge in [-0.25, -0.2) is 0 Å². The summed E-state index contributed by atoms with van der Waals surface area (Å²) in [5.41, 5.74) is 2.15. The molecule has 2 aromatic rings. The van der Waals surface area contributed by atoms with E-state index in [1.807, 2.05) is 35.5 Å². The van der Waals surface area contributed by atoms with E-state index in [0.717, 1.165) is 27.9 Å². The Kier molecular flexibility index (Phi) is 5.77. The number of carbonyl (C=O) groups excluding carboxylic acids is 1. The van der Waals surface area contributed by atoms with E-state index in [1.165, 1.54) is 0 Å². The van der Waals surface area contributed by atoms with Crippen molar-refractivity contribution >= 4 is 28.5 Å². The van der Waals surface area contributed by atoms with Crippen LogP contribution >= 0.6 is 22.6 Å². The third kappa shape index (κ3) is 4.83. The summed E-state index contributed by atoms with van der Waals surface area (Å²) in [6, 6.07) is 1.98. The van der Waals surface area contributed by atoms with Gasteiger partial charge >= 0.3 is 0 Å². The maximum Gasteiger partial charge on any atom is 0.221 e. The monoisotopic (exact) mass is 401 g/mol. The molecule has 0 saturated carbocycles. The minimum absolute atomic E-state index is 0.0651. The molecule has 0 atom stereocenters. The molecule has 2 heterocycles. The van der Waals surface area contributed by atoms with E-state index in [0.29, 0.717) is 19.5 Å². The average Bonchev–Trinajstić information content (AvgIpc) is 2.99. The summed E-state index contributed by atoms with van der Waals surface area (Å²) in [7, 11) is 0. The molecule has 0 aliphatic rings. The van der Waals surface area contributed by atoms with Gasteiger partial charge in [-0.1, -0.05) is 0 Å². The highest BCUT2D eigenvalue weighted by Crippen LogP contribution is 2.08. The molecule has 1 amide bonds. The molecule has 7 heteroatoms. The fourth-order valence-electron chi connectivity index (χ4n) is 2.00. The lowest BCUT2D eigenvalue weighted by Gasteiger charge is -2.07. The third-order valence-corrected chi connectivity index (χ3v) is 4.31. The van der Waals surface area contributed by atoms with E-state index in [2.05, 4.69) is 38.1 Å². The molecule has 0 fully saturated rings. The molecular weight excluding hydrogens is 381 g/mol. The number of amides is 1. The molecule has 2 aromatic heterocycles. The Balaban J connectivity index is 1.62. The summed E-state index contributed by atoms with van der Waals surface area (Å²) in [6.45, 7) is 6.12. The highest BCUT2D eigenvalue weighted by atomic mass is 127. The molecule has 21 heavy (non-hydrogen) atoms. The lowest BCUT2D eigenvalue weighted by Crippen LogP contribution is -2.26. The molecule has 1 N–H and O–H groups in total. The topological polar surface area (TPSA) is 64.7 Å². The summed E-state index contributed by atoms with van der Waals surface area (Å²) in [6.07, 6.45) is 5.09. The van der Waals surface area contributed by atoms with Gasteiger partial charge in [0.05, 0.1) is 9.26 Å². The van der Waals surface area contributed by atoms with E-state index in [1.54, 1.807) is 6.20 Å². The predicted octanol–water partition coefficient (Wildman–Crippen LogP) is 1.90. The van der Waals surface area contributed by atoms with Crippen LogP contribution in [0.2, 0.25) is 0 Å². The number of nitrogens with zero attached hydrogens (tertiary/aromatic N) is 4. The second-order valence-electron chi connectivity index (χ2n) is 4.97. The van der Waals surface area contributed by atoms with Gasteiger partial charge in [0.2, 0.25) is 5.91 Å². The van der Waals surface area contributed by atoms with Crippen LogP contribution in [0.3, 0.4) is 0 Å². The van der Waals surface area contributed by atoms with Crippen LogP contribution in [0.15, 0.2) is 18.5 Å². The van der Waals surface area contributed by atoms with E-state index in [9.17, 15) is 4.79 Å². The van der Waals surface area contributed by atoms with Crippen molar-refractivity contribution in [3.63, 3.8) is 0 Å². The zero-order valence-electron chi connectivity index (χ0n) is 12.3. The Morgan fingerprint density at radius 2 is 2.19 bits per heavy atom. The van der Waals surface area contributed by atoms with Crippen LogP contribution in [-0.4, -0.2) is 32.0 Å². The number of halogens is 1. The number of hydrogen-bond acceptors (Lipinski definition) is 3. The van der Waals surface area contributed by atoms with E-state index in [-0.39, 0.29) is 5.91 Å². The van der Waals surface area contributed by atoms with Crippen LogP contribution < -0.4 is 5.32 Å². The molecule has 0 aromatic carbocycles. The van der Waals surface area contributed by atoms with Crippen molar-refractivity contribution in [3.05, 3.63) is 33.4 Å². The van der Waals surface area contributed by atoms with Crippen LogP contribution in [-0.2, 0) is 17.9 Å². The summed E-state index contributed by atoms with van der Waals surface area (Å²) in [5, 5.41) is 11.5. The molecule has 114 valence electrons. The van der Waals surface area contributed by atoms with E-state index >= 15 is 0 Å². The van der Waals surface area contributed by atoms with Crippen molar-refractivity contribution in [2.24, 2.45) is 0 Å². The Morgan fingerprint density at radius 1 is 1.38 bits per heavy atom. The number of carbonyl (C=O) groups is 1. The Morgan fingerprint density at radius 3 is 2.81 bits per heavy atom. The van der Waals surface area contributed by atoms with Crippen molar-refractivity contribution in [2.75, 3.05) is 6.54 Å². The Labute approximate surface area is 138 Å². The van der Waals surface area contributed by atoms with E-state index < -0.39 is 0 Å². The van der Waals surface area contributed by atoms with Gasteiger partial charge in [0.15, 0.2) is 0 Å². The molecule has 6 nitrogen and oxygen atoms in total. The van der Waals surface area contributed by atoms with Crippen LogP contribution in [0.4, 0.5) is 0 Å². The van der Waals surface area contributed by atoms with Crippen LogP contribution in [0.25, 0.3) is 0 Å². The smallest absolute Gasteiger partial charge is 0.221 e. The molecule has 0 aliphatic carbocycles. The minimum atomic E-state index is 0.0651. The molecule has 0 unspecified atom stereocenters. The van der Waals surface area contributed by atoms with E-state index in [4.69, 9.17) is 0 Å². The summed E-state index contributed by atoms with van der Waals surface area (Å²) in [5.74, 6) is 0.0651. The molecule has 0 saturated heterocycles. The van der Waals surface area contributed by atoms with Gasteiger partial charge in [-0.05, 0) is 48.9 Å². The van der Waals surface area contributed by atoms with Gasteiger partial charge in [0.25, 0.3) is 0 Å². The van der Waals surface area contributed by atoms with Crippen LogP contribution in [0, 0.1) is 17.4 Å². The minimum Gasteiger partial charge on any atom is -0.356 e. The maximum absolute atomic E-state index is 11.8. The largest absolute Gasteiger partial charge is 0.356 e. The molecule has 0 bridgehead atoms. The lowest BCUT2D eigenvalue weighted by atomic mass is 10.3. The second kappa shape index (κ2) is 7.58. The number of aromatic nitrogens is 4. The zero-order valence-corrected chi connectivity index (χ0v) is 14.5. The SMILES string of the molecule is Cc1nn(CCC(=O)NCCCn2nccc2C)cc1I. The fourth-order valence-corrected chi connectivity index (χ4v) is 2.43. The fraction of sp³-hybridized carbons (Fsp3) is 0.500.